The van der Waals surface area contributed by atoms with Crippen molar-refractivity contribution in [2.75, 3.05) is 0 Å². The highest BCUT2D eigenvalue weighted by Gasteiger charge is 2.17. The van der Waals surface area contributed by atoms with Gasteiger partial charge in [-0.2, -0.15) is 0 Å². The lowest BCUT2D eigenvalue weighted by Gasteiger charge is -2.07. The van der Waals surface area contributed by atoms with Crippen molar-refractivity contribution in [3.8, 4) is 5.69 Å². The van der Waals surface area contributed by atoms with Gasteiger partial charge in [-0.25, -0.2) is 14.1 Å². The van der Waals surface area contributed by atoms with Crippen molar-refractivity contribution in [2.24, 2.45) is 0 Å². The molecule has 31 heavy (non-hydrogen) atoms. The fraction of sp³-hybridized carbons (Fsp3) is 0.160. The Labute approximate surface area is 180 Å². The number of aryl methyl sites for hydroxylation is 3. The van der Waals surface area contributed by atoms with Gasteiger partial charge in [0.05, 0.1) is 5.69 Å². The molecule has 0 bridgehead atoms. The smallest absolute Gasteiger partial charge is 0.291 e. The molecule has 0 radical (unpaired) electrons. The van der Waals surface area contributed by atoms with Gasteiger partial charge >= 0.3 is 0 Å². The van der Waals surface area contributed by atoms with Gasteiger partial charge in [-0.3, -0.25) is 4.79 Å². The highest BCUT2D eigenvalue weighted by Crippen LogP contribution is 2.15. The lowest BCUT2D eigenvalue weighted by Crippen LogP contribution is -2.24. The largest absolute Gasteiger partial charge is 0.345 e. The van der Waals surface area contributed by atoms with Gasteiger partial charge in [0, 0.05) is 13.0 Å². The summed E-state index contributed by atoms with van der Waals surface area (Å²) in [6.45, 7) is 2.21. The summed E-state index contributed by atoms with van der Waals surface area (Å²) in [4.78, 5) is 17.2. The molecule has 1 aromatic heterocycles. The zero-order valence-electron chi connectivity index (χ0n) is 17.3. The SMILES string of the molecule is Cc1cccc(-n2nc(C(=O)NCc3cccc(F)c3)nc2CCc2ccccc2)c1. The van der Waals surface area contributed by atoms with E-state index in [9.17, 15) is 9.18 Å². The fourth-order valence-electron chi connectivity index (χ4n) is 3.38. The Morgan fingerprint density at radius 1 is 0.935 bits per heavy atom. The molecular formula is C25H23FN4O. The third-order valence-corrected chi connectivity index (χ3v) is 4.95. The molecule has 0 saturated carbocycles. The summed E-state index contributed by atoms with van der Waals surface area (Å²) in [7, 11) is 0. The van der Waals surface area contributed by atoms with E-state index in [1.54, 1.807) is 16.8 Å². The summed E-state index contributed by atoms with van der Waals surface area (Å²) in [5.74, 6) is 0.0831. The number of aromatic nitrogens is 3. The molecule has 3 aromatic carbocycles. The minimum Gasteiger partial charge on any atom is -0.345 e. The molecule has 0 aliphatic rings. The maximum Gasteiger partial charge on any atom is 0.291 e. The second-order valence-corrected chi connectivity index (χ2v) is 7.40. The maximum atomic E-state index is 13.4. The Morgan fingerprint density at radius 3 is 2.48 bits per heavy atom. The molecule has 0 spiro atoms. The summed E-state index contributed by atoms with van der Waals surface area (Å²) < 4.78 is 15.1. The van der Waals surface area contributed by atoms with Gasteiger partial charge in [0.1, 0.15) is 11.6 Å². The van der Waals surface area contributed by atoms with E-state index >= 15 is 0 Å². The lowest BCUT2D eigenvalue weighted by molar-refractivity contribution is 0.0940. The average molecular weight is 414 g/mol. The van der Waals surface area contributed by atoms with Crippen LogP contribution in [0.2, 0.25) is 0 Å². The molecule has 6 heteroatoms. The van der Waals surface area contributed by atoms with Gasteiger partial charge in [-0.05, 0) is 54.3 Å². The van der Waals surface area contributed by atoms with Crippen LogP contribution in [0, 0.1) is 12.7 Å². The van der Waals surface area contributed by atoms with E-state index in [1.807, 2.05) is 49.4 Å². The highest BCUT2D eigenvalue weighted by molar-refractivity contribution is 5.90. The first-order valence-electron chi connectivity index (χ1n) is 10.2. The number of nitrogens with zero attached hydrogens (tertiary/aromatic N) is 3. The van der Waals surface area contributed by atoms with Crippen LogP contribution in [-0.2, 0) is 19.4 Å². The summed E-state index contributed by atoms with van der Waals surface area (Å²) >= 11 is 0. The molecule has 4 aromatic rings. The van der Waals surface area contributed by atoms with Crippen molar-refractivity contribution in [3.05, 3.63) is 113 Å². The Hall–Kier alpha value is -3.80. The maximum absolute atomic E-state index is 13.4. The Morgan fingerprint density at radius 2 is 1.71 bits per heavy atom. The number of rotatable bonds is 7. The minimum absolute atomic E-state index is 0.0981. The molecule has 0 fully saturated rings. The summed E-state index contributed by atoms with van der Waals surface area (Å²) in [5.41, 5.74) is 3.83. The van der Waals surface area contributed by atoms with Crippen LogP contribution in [0.3, 0.4) is 0 Å². The first kappa shape index (κ1) is 20.5. The van der Waals surface area contributed by atoms with E-state index in [0.717, 1.165) is 17.7 Å². The van der Waals surface area contributed by atoms with E-state index in [0.29, 0.717) is 17.8 Å². The number of benzene rings is 3. The van der Waals surface area contributed by atoms with Crippen molar-refractivity contribution >= 4 is 5.91 Å². The van der Waals surface area contributed by atoms with Crippen LogP contribution in [-0.4, -0.2) is 20.7 Å². The first-order chi connectivity index (χ1) is 15.1. The zero-order valence-corrected chi connectivity index (χ0v) is 17.3. The van der Waals surface area contributed by atoms with E-state index < -0.39 is 5.91 Å². The Balaban J connectivity index is 1.56. The molecule has 0 aliphatic carbocycles. The van der Waals surface area contributed by atoms with E-state index in [4.69, 9.17) is 0 Å². The van der Waals surface area contributed by atoms with Crippen molar-refractivity contribution in [2.45, 2.75) is 26.3 Å². The Kier molecular flexibility index (Phi) is 6.17. The Bertz CT molecular complexity index is 1190. The van der Waals surface area contributed by atoms with Gasteiger partial charge in [-0.15, -0.1) is 5.10 Å². The number of halogens is 1. The van der Waals surface area contributed by atoms with Crippen molar-refractivity contribution in [1.82, 2.24) is 20.1 Å². The van der Waals surface area contributed by atoms with Gasteiger partial charge in [-0.1, -0.05) is 54.6 Å². The molecule has 1 amide bonds. The number of hydrogen-bond acceptors (Lipinski definition) is 3. The first-order valence-corrected chi connectivity index (χ1v) is 10.2. The molecule has 4 rings (SSSR count). The van der Waals surface area contributed by atoms with Crippen molar-refractivity contribution < 1.29 is 9.18 Å². The zero-order chi connectivity index (χ0) is 21.6. The fourth-order valence-corrected chi connectivity index (χ4v) is 3.38. The molecule has 5 nitrogen and oxygen atoms in total. The number of hydrogen-bond donors (Lipinski definition) is 1. The number of carbonyl (C=O) groups is 1. The van der Waals surface area contributed by atoms with Crippen LogP contribution >= 0.6 is 0 Å². The molecule has 1 N–H and O–H groups in total. The average Bonchev–Trinajstić information content (AvgIpc) is 3.21. The molecular weight excluding hydrogens is 391 g/mol. The van der Waals surface area contributed by atoms with Gasteiger partial charge in [0.15, 0.2) is 0 Å². The number of carbonyl (C=O) groups excluding carboxylic acids is 1. The van der Waals surface area contributed by atoms with E-state index in [1.165, 1.54) is 17.7 Å². The van der Waals surface area contributed by atoms with E-state index in [-0.39, 0.29) is 18.2 Å². The van der Waals surface area contributed by atoms with Crippen LogP contribution in [0.4, 0.5) is 4.39 Å². The molecule has 1 heterocycles. The molecule has 0 aliphatic heterocycles. The van der Waals surface area contributed by atoms with Crippen molar-refractivity contribution in [1.29, 1.82) is 0 Å². The summed E-state index contributed by atoms with van der Waals surface area (Å²) in [5, 5.41) is 7.26. The third-order valence-electron chi connectivity index (χ3n) is 4.95. The van der Waals surface area contributed by atoms with Gasteiger partial charge in [0.25, 0.3) is 5.91 Å². The van der Waals surface area contributed by atoms with Crippen molar-refractivity contribution in [3.63, 3.8) is 0 Å². The lowest BCUT2D eigenvalue weighted by atomic mass is 10.1. The predicted molar refractivity (Wildman–Crippen MR) is 118 cm³/mol. The second-order valence-electron chi connectivity index (χ2n) is 7.40. The van der Waals surface area contributed by atoms with Crippen LogP contribution in [0.1, 0.15) is 33.1 Å². The summed E-state index contributed by atoms with van der Waals surface area (Å²) in [6.07, 6.45) is 1.43. The van der Waals surface area contributed by atoms with E-state index in [2.05, 4.69) is 27.5 Å². The number of nitrogens with one attached hydrogen (secondary N) is 1. The normalized spacial score (nSPS) is 10.8. The quantitative estimate of drug-likeness (QED) is 0.487. The predicted octanol–water partition coefficient (Wildman–Crippen LogP) is 4.43. The van der Waals surface area contributed by atoms with Gasteiger partial charge in [0.2, 0.25) is 5.82 Å². The third kappa shape index (κ3) is 5.22. The van der Waals surface area contributed by atoms with Crippen LogP contribution in [0.25, 0.3) is 5.69 Å². The molecule has 156 valence electrons. The minimum atomic E-state index is -0.392. The monoisotopic (exact) mass is 414 g/mol. The van der Waals surface area contributed by atoms with Gasteiger partial charge < -0.3 is 5.32 Å². The second kappa shape index (κ2) is 9.34. The van der Waals surface area contributed by atoms with Crippen LogP contribution in [0.5, 0.6) is 0 Å². The molecule has 0 atom stereocenters. The highest BCUT2D eigenvalue weighted by atomic mass is 19.1. The van der Waals surface area contributed by atoms with Crippen LogP contribution in [0.15, 0.2) is 78.9 Å². The molecule has 0 saturated heterocycles. The molecule has 0 unspecified atom stereocenters. The number of amides is 1. The van der Waals surface area contributed by atoms with Crippen LogP contribution < -0.4 is 5.32 Å². The topological polar surface area (TPSA) is 59.8 Å². The summed E-state index contributed by atoms with van der Waals surface area (Å²) in [6, 6.07) is 24.2. The standard InChI is InChI=1S/C25H23FN4O/c1-18-7-5-12-22(15-18)30-23(14-13-19-8-3-2-4-9-19)28-24(29-30)25(31)27-17-20-10-6-11-21(26)16-20/h2-12,15-16H,13-14,17H2,1H3,(H,27,31).